The van der Waals surface area contributed by atoms with Gasteiger partial charge in [-0.1, -0.05) is 12.8 Å². The van der Waals surface area contributed by atoms with Crippen molar-refractivity contribution in [3.63, 3.8) is 0 Å². The summed E-state index contributed by atoms with van der Waals surface area (Å²) in [6.07, 6.45) is 3.05. The zero-order valence-corrected chi connectivity index (χ0v) is 12.2. The molecule has 1 aliphatic rings. The van der Waals surface area contributed by atoms with Crippen molar-refractivity contribution in [2.24, 2.45) is 0 Å². The van der Waals surface area contributed by atoms with Crippen LogP contribution >= 0.6 is 0 Å². The van der Waals surface area contributed by atoms with Crippen LogP contribution in [0, 0.1) is 0 Å². The fourth-order valence-corrected chi connectivity index (χ4v) is 4.09. The van der Waals surface area contributed by atoms with Crippen molar-refractivity contribution in [3.05, 3.63) is 0 Å². The van der Waals surface area contributed by atoms with Crippen molar-refractivity contribution < 1.29 is 23.1 Å². The number of carboxylic acid groups (broad SMARTS) is 1. The molecule has 0 bridgehead atoms. The molecule has 1 fully saturated rings. The largest absolute Gasteiger partial charge is 0.481 e. The van der Waals surface area contributed by atoms with E-state index in [9.17, 15) is 18.0 Å². The number of aliphatic carboxylic acids is 1. The molecule has 1 aliphatic carbocycles. The SMILES string of the molecule is CCN(CCC(=O)O)C(=O)C1(S(C)(=O)=O)CCCC1. The molecular weight excluding hydrogens is 270 g/mol. The first kappa shape index (κ1) is 15.9. The van der Waals surface area contributed by atoms with Gasteiger partial charge in [0.25, 0.3) is 0 Å². The molecule has 1 saturated carbocycles. The van der Waals surface area contributed by atoms with Gasteiger partial charge in [0.2, 0.25) is 5.91 Å². The summed E-state index contributed by atoms with van der Waals surface area (Å²) in [5.41, 5.74) is 0. The highest BCUT2D eigenvalue weighted by Crippen LogP contribution is 2.38. The predicted octanol–water partition coefficient (Wildman–Crippen LogP) is 0.667. The van der Waals surface area contributed by atoms with Gasteiger partial charge in [0.05, 0.1) is 6.42 Å². The van der Waals surface area contributed by atoms with Crippen LogP contribution in [0.5, 0.6) is 0 Å². The summed E-state index contributed by atoms with van der Waals surface area (Å²) < 4.78 is 22.7. The van der Waals surface area contributed by atoms with Crippen LogP contribution in [0.2, 0.25) is 0 Å². The van der Waals surface area contributed by atoms with E-state index in [1.54, 1.807) is 6.92 Å². The Morgan fingerprint density at radius 3 is 2.16 bits per heavy atom. The van der Waals surface area contributed by atoms with Gasteiger partial charge in [-0.15, -0.1) is 0 Å². The van der Waals surface area contributed by atoms with E-state index in [1.807, 2.05) is 0 Å². The second kappa shape index (κ2) is 5.90. The summed E-state index contributed by atoms with van der Waals surface area (Å²) in [6, 6.07) is 0. The average Bonchev–Trinajstić information content (AvgIpc) is 2.78. The van der Waals surface area contributed by atoms with Crippen molar-refractivity contribution in [1.82, 2.24) is 4.90 Å². The molecule has 19 heavy (non-hydrogen) atoms. The van der Waals surface area contributed by atoms with Crippen molar-refractivity contribution >= 4 is 21.7 Å². The lowest BCUT2D eigenvalue weighted by Gasteiger charge is -2.32. The van der Waals surface area contributed by atoms with Gasteiger partial charge >= 0.3 is 5.97 Å². The molecule has 0 aromatic carbocycles. The summed E-state index contributed by atoms with van der Waals surface area (Å²) in [5.74, 6) is -1.43. The fraction of sp³-hybridized carbons (Fsp3) is 0.833. The summed E-state index contributed by atoms with van der Waals surface area (Å²) in [5, 5.41) is 8.67. The predicted molar refractivity (Wildman–Crippen MR) is 70.5 cm³/mol. The smallest absolute Gasteiger partial charge is 0.305 e. The Morgan fingerprint density at radius 2 is 1.79 bits per heavy atom. The number of hydrogen-bond donors (Lipinski definition) is 1. The Labute approximate surface area is 113 Å². The first-order valence-electron chi connectivity index (χ1n) is 6.45. The van der Waals surface area contributed by atoms with E-state index in [4.69, 9.17) is 5.11 Å². The molecule has 0 unspecified atom stereocenters. The molecule has 110 valence electrons. The zero-order chi connectivity index (χ0) is 14.7. The normalized spacial score (nSPS) is 18.2. The van der Waals surface area contributed by atoms with Crippen LogP contribution in [0.3, 0.4) is 0 Å². The maximum absolute atomic E-state index is 12.5. The number of carbonyl (C=O) groups excluding carboxylic acids is 1. The zero-order valence-electron chi connectivity index (χ0n) is 11.4. The third-order valence-corrected chi connectivity index (χ3v) is 5.78. The number of carbonyl (C=O) groups is 2. The molecule has 1 amide bonds. The van der Waals surface area contributed by atoms with E-state index in [2.05, 4.69) is 0 Å². The number of carboxylic acids is 1. The molecule has 1 rings (SSSR count). The first-order chi connectivity index (χ1) is 8.74. The van der Waals surface area contributed by atoms with E-state index in [-0.39, 0.29) is 13.0 Å². The minimum Gasteiger partial charge on any atom is -0.481 e. The highest BCUT2D eigenvalue weighted by Gasteiger charge is 2.51. The molecule has 0 atom stereocenters. The summed E-state index contributed by atoms with van der Waals surface area (Å²) in [7, 11) is -3.50. The summed E-state index contributed by atoms with van der Waals surface area (Å²) in [4.78, 5) is 24.4. The summed E-state index contributed by atoms with van der Waals surface area (Å²) in [6.45, 7) is 2.11. The van der Waals surface area contributed by atoms with Gasteiger partial charge in [0.1, 0.15) is 0 Å². The monoisotopic (exact) mass is 291 g/mol. The molecule has 0 aliphatic heterocycles. The van der Waals surface area contributed by atoms with Crippen LogP contribution in [0.25, 0.3) is 0 Å². The van der Waals surface area contributed by atoms with Crippen LogP contribution in [-0.4, -0.2) is 54.4 Å². The molecule has 0 spiro atoms. The van der Waals surface area contributed by atoms with E-state index >= 15 is 0 Å². The van der Waals surface area contributed by atoms with Gasteiger partial charge in [-0.2, -0.15) is 0 Å². The van der Waals surface area contributed by atoms with E-state index in [1.165, 1.54) is 4.90 Å². The van der Waals surface area contributed by atoms with Crippen LogP contribution in [0.4, 0.5) is 0 Å². The van der Waals surface area contributed by atoms with Gasteiger partial charge in [-0.05, 0) is 19.8 Å². The van der Waals surface area contributed by atoms with E-state index in [0.29, 0.717) is 19.4 Å². The number of amides is 1. The Kier molecular flexibility index (Phi) is 4.95. The van der Waals surface area contributed by atoms with E-state index in [0.717, 1.165) is 19.1 Å². The van der Waals surface area contributed by atoms with Crippen LogP contribution in [-0.2, 0) is 19.4 Å². The first-order valence-corrected chi connectivity index (χ1v) is 8.34. The molecule has 0 aromatic heterocycles. The lowest BCUT2D eigenvalue weighted by Crippen LogP contribution is -2.52. The Morgan fingerprint density at radius 1 is 1.26 bits per heavy atom. The van der Waals surface area contributed by atoms with Crippen LogP contribution in [0.1, 0.15) is 39.0 Å². The molecule has 0 heterocycles. The second-order valence-electron chi connectivity index (χ2n) is 5.00. The third kappa shape index (κ3) is 3.26. The number of hydrogen-bond acceptors (Lipinski definition) is 4. The maximum Gasteiger partial charge on any atom is 0.305 e. The highest BCUT2D eigenvalue weighted by molar-refractivity contribution is 7.92. The lowest BCUT2D eigenvalue weighted by molar-refractivity contribution is -0.139. The van der Waals surface area contributed by atoms with Gasteiger partial charge < -0.3 is 10.0 Å². The topological polar surface area (TPSA) is 91.8 Å². The van der Waals surface area contributed by atoms with Crippen LogP contribution < -0.4 is 0 Å². The highest BCUT2D eigenvalue weighted by atomic mass is 32.2. The molecule has 7 heteroatoms. The molecule has 0 radical (unpaired) electrons. The molecular formula is C12H21NO5S. The lowest BCUT2D eigenvalue weighted by atomic mass is 10.1. The van der Waals surface area contributed by atoms with Crippen LogP contribution in [0.15, 0.2) is 0 Å². The van der Waals surface area contributed by atoms with E-state index < -0.39 is 26.5 Å². The number of rotatable bonds is 6. The summed E-state index contributed by atoms with van der Waals surface area (Å²) >= 11 is 0. The Balaban J connectivity index is 2.96. The molecule has 1 N–H and O–H groups in total. The molecule has 0 aromatic rings. The number of sulfone groups is 1. The Bertz CT molecular complexity index is 451. The van der Waals surface area contributed by atoms with Gasteiger partial charge in [-0.3, -0.25) is 9.59 Å². The van der Waals surface area contributed by atoms with Crippen molar-refractivity contribution in [2.45, 2.75) is 43.8 Å². The number of nitrogens with zero attached hydrogens (tertiary/aromatic N) is 1. The van der Waals surface area contributed by atoms with Crippen molar-refractivity contribution in [1.29, 1.82) is 0 Å². The van der Waals surface area contributed by atoms with Gasteiger partial charge in [0.15, 0.2) is 14.6 Å². The maximum atomic E-state index is 12.5. The van der Waals surface area contributed by atoms with Gasteiger partial charge in [0, 0.05) is 19.3 Å². The minimum atomic E-state index is -3.50. The molecule has 6 nitrogen and oxygen atoms in total. The standard InChI is InChI=1S/C12H21NO5S/c1-3-13(9-6-10(14)15)11(16)12(19(2,17)18)7-4-5-8-12/h3-9H2,1-2H3,(H,14,15). The molecule has 0 saturated heterocycles. The van der Waals surface area contributed by atoms with Crippen molar-refractivity contribution in [3.8, 4) is 0 Å². The second-order valence-corrected chi connectivity index (χ2v) is 7.33. The average molecular weight is 291 g/mol. The minimum absolute atomic E-state index is 0.0575. The van der Waals surface area contributed by atoms with Gasteiger partial charge in [-0.25, -0.2) is 8.42 Å². The fourth-order valence-electron chi connectivity index (χ4n) is 2.61. The third-order valence-electron chi connectivity index (χ3n) is 3.78. The van der Waals surface area contributed by atoms with Crippen molar-refractivity contribution in [2.75, 3.05) is 19.3 Å². The Hall–Kier alpha value is -1.11. The quantitative estimate of drug-likeness (QED) is 0.776.